The molecule has 0 aliphatic heterocycles. The van der Waals surface area contributed by atoms with Crippen LogP contribution in [0.2, 0.25) is 5.02 Å². The molecule has 1 atom stereocenters. The van der Waals surface area contributed by atoms with Gasteiger partial charge in [-0.05, 0) is 31.5 Å². The third-order valence-electron chi connectivity index (χ3n) is 2.93. The molecule has 2 aromatic rings. The predicted octanol–water partition coefficient (Wildman–Crippen LogP) is 4.61. The number of aryl methyl sites for hydroxylation is 1. The average molecular weight is 349 g/mol. The number of alkyl halides is 3. The van der Waals surface area contributed by atoms with Gasteiger partial charge in [0.15, 0.2) is 5.69 Å². The van der Waals surface area contributed by atoms with Gasteiger partial charge in [0.25, 0.3) is 5.91 Å². The Labute approximate surface area is 134 Å². The second-order valence-corrected chi connectivity index (χ2v) is 6.29. The number of hydrogen-bond donors (Lipinski definition) is 1. The van der Waals surface area contributed by atoms with Crippen LogP contribution in [0.5, 0.6) is 0 Å². The molecule has 1 aromatic carbocycles. The van der Waals surface area contributed by atoms with E-state index in [9.17, 15) is 18.0 Å². The lowest BCUT2D eigenvalue weighted by Gasteiger charge is -2.14. The Balaban J connectivity index is 2.21. The molecule has 1 aromatic heterocycles. The van der Waals surface area contributed by atoms with Crippen LogP contribution in [0.15, 0.2) is 24.3 Å². The Morgan fingerprint density at radius 3 is 2.45 bits per heavy atom. The summed E-state index contributed by atoms with van der Waals surface area (Å²) in [5.74, 6) is -0.791. The number of halogens is 4. The fourth-order valence-corrected chi connectivity index (χ4v) is 2.84. The van der Waals surface area contributed by atoms with E-state index in [1.165, 1.54) is 6.92 Å². The van der Waals surface area contributed by atoms with Crippen LogP contribution >= 0.6 is 22.9 Å². The molecular weight excluding hydrogens is 337 g/mol. The molecule has 0 unspecified atom stereocenters. The molecule has 2 rings (SSSR count). The summed E-state index contributed by atoms with van der Waals surface area (Å²) in [5, 5.41) is 3.28. The molecule has 22 heavy (non-hydrogen) atoms. The molecule has 0 bridgehead atoms. The zero-order chi connectivity index (χ0) is 16.5. The maximum atomic E-state index is 12.9. The minimum absolute atomic E-state index is 0.191. The molecule has 118 valence electrons. The second kappa shape index (κ2) is 6.26. The normalized spacial score (nSPS) is 13.0. The lowest BCUT2D eigenvalue weighted by Crippen LogP contribution is -2.28. The summed E-state index contributed by atoms with van der Waals surface area (Å²) in [6.45, 7) is 3.11. The lowest BCUT2D eigenvalue weighted by molar-refractivity contribution is -0.141. The first-order valence-corrected chi connectivity index (χ1v) is 7.49. The van der Waals surface area contributed by atoms with Crippen molar-refractivity contribution in [1.82, 2.24) is 10.3 Å². The number of carbonyl (C=O) groups is 1. The summed E-state index contributed by atoms with van der Waals surface area (Å²) >= 11 is 6.50. The van der Waals surface area contributed by atoms with Gasteiger partial charge in [-0.15, -0.1) is 11.3 Å². The van der Waals surface area contributed by atoms with Crippen LogP contribution in [0.1, 0.15) is 38.9 Å². The Morgan fingerprint density at radius 1 is 1.32 bits per heavy atom. The second-order valence-electron chi connectivity index (χ2n) is 4.66. The van der Waals surface area contributed by atoms with Gasteiger partial charge in [0.1, 0.15) is 4.88 Å². The smallest absolute Gasteiger partial charge is 0.345 e. The fourth-order valence-electron chi connectivity index (χ4n) is 1.87. The van der Waals surface area contributed by atoms with E-state index in [2.05, 4.69) is 10.3 Å². The van der Waals surface area contributed by atoms with Crippen molar-refractivity contribution in [3.8, 4) is 0 Å². The summed E-state index contributed by atoms with van der Waals surface area (Å²) in [7, 11) is 0. The van der Waals surface area contributed by atoms with Crippen molar-refractivity contribution in [3.63, 3.8) is 0 Å². The van der Waals surface area contributed by atoms with Crippen LogP contribution < -0.4 is 5.32 Å². The van der Waals surface area contributed by atoms with E-state index in [-0.39, 0.29) is 5.01 Å². The highest BCUT2D eigenvalue weighted by atomic mass is 35.5. The van der Waals surface area contributed by atoms with E-state index < -0.39 is 28.7 Å². The first-order chi connectivity index (χ1) is 10.2. The van der Waals surface area contributed by atoms with Crippen LogP contribution in [0.4, 0.5) is 13.2 Å². The first-order valence-electron chi connectivity index (χ1n) is 6.29. The van der Waals surface area contributed by atoms with E-state index in [0.29, 0.717) is 5.02 Å². The van der Waals surface area contributed by atoms with Crippen LogP contribution in [-0.2, 0) is 6.18 Å². The van der Waals surface area contributed by atoms with Crippen LogP contribution in [0.3, 0.4) is 0 Å². The van der Waals surface area contributed by atoms with E-state index in [0.717, 1.165) is 16.9 Å². The van der Waals surface area contributed by atoms with Gasteiger partial charge < -0.3 is 5.32 Å². The van der Waals surface area contributed by atoms with Gasteiger partial charge in [-0.25, -0.2) is 4.98 Å². The molecule has 0 aliphatic carbocycles. The molecule has 0 radical (unpaired) electrons. The Kier molecular flexibility index (Phi) is 4.77. The minimum atomic E-state index is -4.65. The topological polar surface area (TPSA) is 42.0 Å². The minimum Gasteiger partial charge on any atom is -0.345 e. The van der Waals surface area contributed by atoms with E-state index in [1.807, 2.05) is 0 Å². The highest BCUT2D eigenvalue weighted by molar-refractivity contribution is 7.13. The van der Waals surface area contributed by atoms with Gasteiger partial charge in [-0.3, -0.25) is 4.79 Å². The number of aromatic nitrogens is 1. The summed E-state index contributed by atoms with van der Waals surface area (Å²) in [6, 6.07) is 6.26. The summed E-state index contributed by atoms with van der Waals surface area (Å²) in [6.07, 6.45) is -4.65. The number of nitrogens with one attached hydrogen (secondary N) is 1. The molecule has 0 saturated carbocycles. The quantitative estimate of drug-likeness (QED) is 0.879. The Morgan fingerprint density at radius 2 is 1.91 bits per heavy atom. The third-order valence-corrected chi connectivity index (χ3v) is 4.15. The van der Waals surface area contributed by atoms with Crippen molar-refractivity contribution >= 4 is 28.8 Å². The molecule has 0 fully saturated rings. The standard InChI is InChI=1S/C14H12ClF3N2OS/c1-7(9-3-5-10(15)6-4-9)19-13(21)11-12(14(16,17)18)20-8(2)22-11/h3-7H,1-2H3,(H,19,21)/t7-/m0/s1. The summed E-state index contributed by atoms with van der Waals surface area (Å²) in [5.41, 5.74) is -0.400. The number of hydrogen-bond acceptors (Lipinski definition) is 3. The summed E-state index contributed by atoms with van der Waals surface area (Å²) in [4.78, 5) is 15.1. The first kappa shape index (κ1) is 16.8. The zero-order valence-corrected chi connectivity index (χ0v) is 13.2. The number of thiazole rings is 1. The number of nitrogens with zero attached hydrogens (tertiary/aromatic N) is 1. The largest absolute Gasteiger partial charge is 0.435 e. The van der Waals surface area contributed by atoms with Crippen molar-refractivity contribution in [2.24, 2.45) is 0 Å². The van der Waals surface area contributed by atoms with Crippen LogP contribution in [-0.4, -0.2) is 10.9 Å². The lowest BCUT2D eigenvalue weighted by atomic mass is 10.1. The van der Waals surface area contributed by atoms with Crippen molar-refractivity contribution in [2.75, 3.05) is 0 Å². The predicted molar refractivity (Wildman–Crippen MR) is 79.2 cm³/mol. The highest BCUT2D eigenvalue weighted by Gasteiger charge is 2.39. The number of amides is 1. The Bertz CT molecular complexity index is 682. The zero-order valence-electron chi connectivity index (χ0n) is 11.7. The van der Waals surface area contributed by atoms with Crippen molar-refractivity contribution in [1.29, 1.82) is 0 Å². The monoisotopic (exact) mass is 348 g/mol. The molecule has 1 N–H and O–H groups in total. The maximum absolute atomic E-state index is 12.9. The molecule has 3 nitrogen and oxygen atoms in total. The molecule has 0 saturated heterocycles. The number of carbonyl (C=O) groups excluding carboxylic acids is 1. The SMILES string of the molecule is Cc1nc(C(F)(F)F)c(C(=O)N[C@@H](C)c2ccc(Cl)cc2)s1. The molecule has 0 spiro atoms. The van der Waals surface area contributed by atoms with E-state index in [4.69, 9.17) is 11.6 Å². The number of benzene rings is 1. The molecule has 0 aliphatic rings. The van der Waals surface area contributed by atoms with E-state index >= 15 is 0 Å². The Hall–Kier alpha value is -1.60. The van der Waals surface area contributed by atoms with E-state index in [1.54, 1.807) is 31.2 Å². The maximum Gasteiger partial charge on any atom is 0.435 e. The van der Waals surface area contributed by atoms with Crippen molar-refractivity contribution in [2.45, 2.75) is 26.1 Å². The van der Waals surface area contributed by atoms with Crippen LogP contribution in [0, 0.1) is 6.92 Å². The molecular formula is C14H12ClF3N2OS. The number of rotatable bonds is 3. The van der Waals surface area contributed by atoms with Gasteiger partial charge in [0.2, 0.25) is 0 Å². The third kappa shape index (κ3) is 3.78. The van der Waals surface area contributed by atoms with Crippen molar-refractivity contribution in [3.05, 3.63) is 50.4 Å². The van der Waals surface area contributed by atoms with Crippen LogP contribution in [0.25, 0.3) is 0 Å². The van der Waals surface area contributed by atoms with Crippen molar-refractivity contribution < 1.29 is 18.0 Å². The fraction of sp³-hybridized carbons (Fsp3) is 0.286. The van der Waals surface area contributed by atoms with Gasteiger partial charge >= 0.3 is 6.18 Å². The highest BCUT2D eigenvalue weighted by Crippen LogP contribution is 2.34. The molecule has 8 heteroatoms. The van der Waals surface area contributed by atoms with Gasteiger partial charge in [0.05, 0.1) is 11.0 Å². The van der Waals surface area contributed by atoms with Gasteiger partial charge in [-0.2, -0.15) is 13.2 Å². The average Bonchev–Trinajstić information content (AvgIpc) is 2.81. The molecule has 1 amide bonds. The van der Waals surface area contributed by atoms with Gasteiger partial charge in [-0.1, -0.05) is 23.7 Å². The molecule has 1 heterocycles. The summed E-state index contributed by atoms with van der Waals surface area (Å²) < 4.78 is 38.6. The van der Waals surface area contributed by atoms with Gasteiger partial charge in [0, 0.05) is 5.02 Å².